The van der Waals surface area contributed by atoms with Gasteiger partial charge in [0.2, 0.25) is 5.13 Å². The molecule has 2 atom stereocenters. The van der Waals surface area contributed by atoms with E-state index in [2.05, 4.69) is 39.1 Å². The number of ether oxygens (including phenoxy) is 1. The highest BCUT2D eigenvalue weighted by atomic mass is 32.1. The minimum atomic E-state index is 0.0598. The first-order valence-electron chi connectivity index (χ1n) is 7.99. The van der Waals surface area contributed by atoms with Crippen molar-refractivity contribution in [3.8, 4) is 10.7 Å². The van der Waals surface area contributed by atoms with Gasteiger partial charge in [-0.25, -0.2) is 0 Å². The number of benzene rings is 1. The molecule has 0 bridgehead atoms. The predicted octanol–water partition coefficient (Wildman–Crippen LogP) is 3.57. The van der Waals surface area contributed by atoms with Gasteiger partial charge in [-0.1, -0.05) is 47.7 Å². The third-order valence-electron chi connectivity index (χ3n) is 4.15. The third-order valence-corrected chi connectivity index (χ3v) is 5.13. The van der Waals surface area contributed by atoms with E-state index in [0.717, 1.165) is 22.4 Å². The molecule has 0 radical (unpaired) electrons. The molecule has 6 heteroatoms. The molecule has 3 heterocycles. The summed E-state index contributed by atoms with van der Waals surface area (Å²) in [7, 11) is 0. The smallest absolute Gasteiger partial charge is 0.209 e. The molecule has 3 aromatic rings. The zero-order valence-electron chi connectivity index (χ0n) is 13.4. The van der Waals surface area contributed by atoms with Crippen molar-refractivity contribution >= 4 is 16.5 Å². The van der Waals surface area contributed by atoms with Gasteiger partial charge in [0.25, 0.3) is 0 Å². The fraction of sp³-hybridized carbons (Fsp3) is 0.278. The van der Waals surface area contributed by atoms with Gasteiger partial charge in [-0.2, -0.15) is 0 Å². The average Bonchev–Trinajstić information content (AvgIpc) is 3.13. The molecule has 0 spiro atoms. The Morgan fingerprint density at radius 1 is 1.08 bits per heavy atom. The van der Waals surface area contributed by atoms with Gasteiger partial charge in [-0.3, -0.25) is 4.98 Å². The van der Waals surface area contributed by atoms with Crippen LogP contribution in [0.2, 0.25) is 0 Å². The van der Waals surface area contributed by atoms with E-state index in [1.165, 1.54) is 5.56 Å². The van der Waals surface area contributed by atoms with Crippen LogP contribution in [0.1, 0.15) is 18.6 Å². The third kappa shape index (κ3) is 3.02. The fourth-order valence-electron chi connectivity index (χ4n) is 2.82. The summed E-state index contributed by atoms with van der Waals surface area (Å²) in [6, 6.07) is 16.4. The van der Waals surface area contributed by atoms with Gasteiger partial charge >= 0.3 is 0 Å². The Bertz CT molecular complexity index is 793. The standard InChI is InChI=1S/C18H18N4OS/c1-13-12-23-16(14-7-3-2-4-8-14)11-22(13)18-21-20-17(24-18)15-9-5-6-10-19-15/h2-10,13,16H,11-12H2,1H3/t13-,16+/m0/s1. The summed E-state index contributed by atoms with van der Waals surface area (Å²) in [6.45, 7) is 3.61. The van der Waals surface area contributed by atoms with Crippen molar-refractivity contribution in [3.05, 3.63) is 60.3 Å². The normalized spacial score (nSPS) is 21.0. The lowest BCUT2D eigenvalue weighted by atomic mass is 10.1. The minimum Gasteiger partial charge on any atom is -0.370 e. The second-order valence-corrected chi connectivity index (χ2v) is 6.79. The number of pyridine rings is 1. The second-order valence-electron chi connectivity index (χ2n) is 5.84. The molecule has 0 saturated carbocycles. The van der Waals surface area contributed by atoms with Crippen LogP contribution in [0.25, 0.3) is 10.7 Å². The first-order chi connectivity index (χ1) is 11.8. The highest BCUT2D eigenvalue weighted by Crippen LogP contribution is 2.33. The molecular weight excluding hydrogens is 320 g/mol. The van der Waals surface area contributed by atoms with Crippen molar-refractivity contribution in [2.75, 3.05) is 18.1 Å². The second kappa shape index (κ2) is 6.67. The van der Waals surface area contributed by atoms with Gasteiger partial charge in [0.15, 0.2) is 5.01 Å². The highest BCUT2D eigenvalue weighted by molar-refractivity contribution is 7.18. The van der Waals surface area contributed by atoms with Crippen molar-refractivity contribution in [1.29, 1.82) is 0 Å². The molecule has 2 aromatic heterocycles. The summed E-state index contributed by atoms with van der Waals surface area (Å²) in [5.41, 5.74) is 2.06. The zero-order valence-corrected chi connectivity index (χ0v) is 14.2. The molecule has 0 N–H and O–H groups in total. The van der Waals surface area contributed by atoms with E-state index in [1.807, 2.05) is 36.4 Å². The van der Waals surface area contributed by atoms with Crippen LogP contribution in [0.5, 0.6) is 0 Å². The van der Waals surface area contributed by atoms with Gasteiger partial charge in [0.05, 0.1) is 19.2 Å². The van der Waals surface area contributed by atoms with E-state index in [4.69, 9.17) is 4.74 Å². The molecule has 24 heavy (non-hydrogen) atoms. The van der Waals surface area contributed by atoms with Crippen molar-refractivity contribution in [3.63, 3.8) is 0 Å². The van der Waals surface area contributed by atoms with E-state index < -0.39 is 0 Å². The largest absolute Gasteiger partial charge is 0.370 e. The minimum absolute atomic E-state index is 0.0598. The van der Waals surface area contributed by atoms with Gasteiger partial charge < -0.3 is 9.64 Å². The van der Waals surface area contributed by atoms with Crippen LogP contribution in [-0.4, -0.2) is 34.4 Å². The van der Waals surface area contributed by atoms with Gasteiger partial charge in [-0.15, -0.1) is 10.2 Å². The van der Waals surface area contributed by atoms with E-state index in [0.29, 0.717) is 6.61 Å². The van der Waals surface area contributed by atoms with Gasteiger partial charge in [-0.05, 0) is 24.6 Å². The van der Waals surface area contributed by atoms with Crippen molar-refractivity contribution < 1.29 is 4.74 Å². The molecule has 1 aromatic carbocycles. The number of morpholine rings is 1. The maximum absolute atomic E-state index is 6.02. The van der Waals surface area contributed by atoms with Crippen LogP contribution in [0.3, 0.4) is 0 Å². The molecule has 0 unspecified atom stereocenters. The van der Waals surface area contributed by atoms with Crippen molar-refractivity contribution in [2.24, 2.45) is 0 Å². The number of rotatable bonds is 3. The fourth-order valence-corrected chi connectivity index (χ4v) is 3.75. The van der Waals surface area contributed by atoms with Crippen LogP contribution in [0.15, 0.2) is 54.7 Å². The van der Waals surface area contributed by atoms with Crippen molar-refractivity contribution in [2.45, 2.75) is 19.1 Å². The molecule has 0 amide bonds. The number of aromatic nitrogens is 3. The lowest BCUT2D eigenvalue weighted by Gasteiger charge is -2.37. The lowest BCUT2D eigenvalue weighted by molar-refractivity contribution is 0.0215. The molecule has 1 aliphatic heterocycles. The Hall–Kier alpha value is -2.31. The predicted molar refractivity (Wildman–Crippen MR) is 95.1 cm³/mol. The van der Waals surface area contributed by atoms with Crippen LogP contribution < -0.4 is 4.90 Å². The zero-order chi connectivity index (χ0) is 16.4. The Morgan fingerprint density at radius 2 is 1.92 bits per heavy atom. The molecular formula is C18H18N4OS. The molecule has 1 saturated heterocycles. The molecule has 1 fully saturated rings. The summed E-state index contributed by atoms with van der Waals surface area (Å²) < 4.78 is 6.02. The first kappa shape index (κ1) is 15.2. The molecule has 122 valence electrons. The summed E-state index contributed by atoms with van der Waals surface area (Å²) in [5.74, 6) is 0. The van der Waals surface area contributed by atoms with Gasteiger partial charge in [0.1, 0.15) is 11.8 Å². The summed E-state index contributed by atoms with van der Waals surface area (Å²) in [6.07, 6.45) is 1.84. The number of hydrogen-bond acceptors (Lipinski definition) is 6. The van der Waals surface area contributed by atoms with E-state index >= 15 is 0 Å². The summed E-state index contributed by atoms with van der Waals surface area (Å²) in [4.78, 5) is 6.64. The van der Waals surface area contributed by atoms with Crippen LogP contribution in [0.4, 0.5) is 5.13 Å². The number of nitrogens with zero attached hydrogens (tertiary/aromatic N) is 4. The van der Waals surface area contributed by atoms with Crippen LogP contribution in [0, 0.1) is 0 Å². The van der Waals surface area contributed by atoms with Crippen LogP contribution in [-0.2, 0) is 4.74 Å². The molecule has 1 aliphatic rings. The van der Waals surface area contributed by atoms with E-state index in [1.54, 1.807) is 17.5 Å². The maximum Gasteiger partial charge on any atom is 0.209 e. The Morgan fingerprint density at radius 3 is 2.71 bits per heavy atom. The maximum atomic E-state index is 6.02. The Kier molecular flexibility index (Phi) is 4.23. The lowest BCUT2D eigenvalue weighted by Crippen LogP contribution is -2.45. The molecule has 0 aliphatic carbocycles. The van der Waals surface area contributed by atoms with Crippen LogP contribution >= 0.6 is 11.3 Å². The van der Waals surface area contributed by atoms with E-state index in [-0.39, 0.29) is 12.1 Å². The Labute approximate surface area is 145 Å². The Balaban J connectivity index is 1.57. The van der Waals surface area contributed by atoms with Crippen molar-refractivity contribution in [1.82, 2.24) is 15.2 Å². The SMILES string of the molecule is C[C@H]1CO[C@@H](c2ccccc2)CN1c1nnc(-c2ccccn2)s1. The topological polar surface area (TPSA) is 51.1 Å². The van der Waals surface area contributed by atoms with E-state index in [9.17, 15) is 0 Å². The molecule has 5 nitrogen and oxygen atoms in total. The summed E-state index contributed by atoms with van der Waals surface area (Å²) in [5, 5.41) is 10.5. The monoisotopic (exact) mass is 338 g/mol. The summed E-state index contributed by atoms with van der Waals surface area (Å²) >= 11 is 1.58. The average molecular weight is 338 g/mol. The number of hydrogen-bond donors (Lipinski definition) is 0. The highest BCUT2D eigenvalue weighted by Gasteiger charge is 2.29. The number of anilines is 1. The quantitative estimate of drug-likeness (QED) is 0.731. The molecule has 4 rings (SSSR count). The van der Waals surface area contributed by atoms with Gasteiger partial charge in [0, 0.05) is 6.20 Å². The first-order valence-corrected chi connectivity index (χ1v) is 8.81.